The number of nitrogen functional groups attached to an aromatic ring is 1. The minimum atomic E-state index is 0.153. The zero-order valence-electron chi connectivity index (χ0n) is 12.9. The molecule has 0 aromatic carbocycles. The fourth-order valence-electron chi connectivity index (χ4n) is 2.49. The van der Waals surface area contributed by atoms with Crippen LogP contribution in [0.25, 0.3) is 0 Å². The average molecular weight is 295 g/mol. The molecule has 1 aromatic heterocycles. The summed E-state index contributed by atoms with van der Waals surface area (Å²) in [4.78, 5) is 13.9. The molecule has 21 heavy (non-hydrogen) atoms. The molecule has 7 heteroatoms. The van der Waals surface area contributed by atoms with Crippen molar-refractivity contribution in [2.75, 3.05) is 43.9 Å². The molecule has 0 spiro atoms. The van der Waals surface area contributed by atoms with E-state index in [4.69, 9.17) is 10.5 Å². The summed E-state index contributed by atoms with van der Waals surface area (Å²) in [5.41, 5.74) is 7.70. The zero-order chi connectivity index (χ0) is 15.2. The minimum absolute atomic E-state index is 0.153. The summed E-state index contributed by atoms with van der Waals surface area (Å²) in [5, 5.41) is 7.63. The molecular weight excluding hydrogens is 270 g/mol. The Kier molecular flexibility index (Phi) is 5.44. The molecule has 0 saturated carbocycles. The van der Waals surface area contributed by atoms with Crippen LogP contribution in [-0.2, 0) is 23.0 Å². The molecule has 1 amide bonds. The number of rotatable bonds is 6. The second kappa shape index (κ2) is 7.31. The molecule has 1 aliphatic rings. The quantitative estimate of drug-likeness (QED) is 0.803. The highest BCUT2D eigenvalue weighted by Crippen LogP contribution is 2.22. The van der Waals surface area contributed by atoms with Crippen molar-refractivity contribution in [1.29, 1.82) is 0 Å². The van der Waals surface area contributed by atoms with Crippen LogP contribution in [0.1, 0.15) is 25.5 Å². The molecule has 0 bridgehead atoms. The molecule has 0 unspecified atom stereocenters. The van der Waals surface area contributed by atoms with E-state index < -0.39 is 0 Å². The first-order valence-corrected chi connectivity index (χ1v) is 7.54. The highest BCUT2D eigenvalue weighted by molar-refractivity contribution is 5.77. The Balaban J connectivity index is 1.84. The molecule has 1 fully saturated rings. The normalized spacial score (nSPS) is 15.2. The number of nitrogens with one attached hydrogen (secondary N) is 1. The summed E-state index contributed by atoms with van der Waals surface area (Å²) in [6.07, 6.45) is 2.33. The fourth-order valence-corrected chi connectivity index (χ4v) is 2.49. The molecule has 0 aliphatic carbocycles. The zero-order valence-corrected chi connectivity index (χ0v) is 12.9. The van der Waals surface area contributed by atoms with Gasteiger partial charge in [0.25, 0.3) is 0 Å². The maximum Gasteiger partial charge on any atom is 0.224 e. The number of carbonyl (C=O) groups is 1. The van der Waals surface area contributed by atoms with Crippen LogP contribution in [-0.4, -0.2) is 53.4 Å². The van der Waals surface area contributed by atoms with Crippen LogP contribution in [0.5, 0.6) is 0 Å². The summed E-state index contributed by atoms with van der Waals surface area (Å²) < 4.78 is 6.99. The number of carbonyl (C=O) groups excluding carboxylic acids is 1. The molecule has 1 saturated heterocycles. The van der Waals surface area contributed by atoms with Gasteiger partial charge in [0.05, 0.1) is 24.6 Å². The van der Waals surface area contributed by atoms with Gasteiger partial charge < -0.3 is 20.7 Å². The molecule has 118 valence electrons. The molecule has 2 heterocycles. The lowest BCUT2D eigenvalue weighted by atomic mass is 10.2. The van der Waals surface area contributed by atoms with Crippen LogP contribution in [0.3, 0.4) is 0 Å². The Morgan fingerprint density at radius 1 is 1.43 bits per heavy atom. The van der Waals surface area contributed by atoms with Crippen LogP contribution in [0.15, 0.2) is 0 Å². The molecule has 0 atom stereocenters. The Labute approximate surface area is 125 Å². The first kappa shape index (κ1) is 15.6. The number of nitrogens with zero attached hydrogens (tertiary/aromatic N) is 3. The minimum Gasteiger partial charge on any atom is -0.394 e. The van der Waals surface area contributed by atoms with Crippen LogP contribution < -0.4 is 11.1 Å². The van der Waals surface area contributed by atoms with Crippen LogP contribution in [0.2, 0.25) is 0 Å². The van der Waals surface area contributed by atoms with Gasteiger partial charge in [-0.05, 0) is 6.42 Å². The van der Waals surface area contributed by atoms with Crippen LogP contribution >= 0.6 is 0 Å². The van der Waals surface area contributed by atoms with E-state index in [0.717, 1.165) is 24.4 Å². The van der Waals surface area contributed by atoms with Crippen molar-refractivity contribution in [3.8, 4) is 0 Å². The third-order valence-corrected chi connectivity index (χ3v) is 3.64. The number of aromatic nitrogens is 2. The Morgan fingerprint density at radius 3 is 2.81 bits per heavy atom. The number of amides is 1. The molecule has 7 nitrogen and oxygen atoms in total. The van der Waals surface area contributed by atoms with Gasteiger partial charge in [-0.2, -0.15) is 5.10 Å². The van der Waals surface area contributed by atoms with E-state index >= 15 is 0 Å². The molecule has 1 aromatic rings. The van der Waals surface area contributed by atoms with Crippen molar-refractivity contribution in [2.24, 2.45) is 7.05 Å². The van der Waals surface area contributed by atoms with Crippen molar-refractivity contribution in [3.05, 3.63) is 5.69 Å². The van der Waals surface area contributed by atoms with E-state index in [1.54, 1.807) is 4.68 Å². The first-order valence-electron chi connectivity index (χ1n) is 7.54. The Bertz CT molecular complexity index is 480. The van der Waals surface area contributed by atoms with E-state index in [9.17, 15) is 4.79 Å². The second-order valence-corrected chi connectivity index (χ2v) is 5.25. The van der Waals surface area contributed by atoms with Crippen molar-refractivity contribution >= 4 is 17.4 Å². The smallest absolute Gasteiger partial charge is 0.224 e. The van der Waals surface area contributed by atoms with Crippen molar-refractivity contribution in [2.45, 2.75) is 26.2 Å². The monoisotopic (exact) mass is 295 g/mol. The van der Waals surface area contributed by atoms with Crippen LogP contribution in [0.4, 0.5) is 11.5 Å². The van der Waals surface area contributed by atoms with E-state index in [-0.39, 0.29) is 5.91 Å². The third-order valence-electron chi connectivity index (χ3n) is 3.64. The third kappa shape index (κ3) is 3.87. The highest BCUT2D eigenvalue weighted by Gasteiger charge is 2.17. The second-order valence-electron chi connectivity index (χ2n) is 5.25. The van der Waals surface area contributed by atoms with Crippen LogP contribution in [0, 0.1) is 0 Å². The number of hydrogen-bond donors (Lipinski definition) is 2. The van der Waals surface area contributed by atoms with Crippen molar-refractivity contribution < 1.29 is 9.53 Å². The summed E-state index contributed by atoms with van der Waals surface area (Å²) in [6.45, 7) is 5.30. The van der Waals surface area contributed by atoms with E-state index in [1.807, 2.05) is 11.9 Å². The standard InChI is InChI=1S/C14H25N5O2/c1-3-4-11-13(15)14(18(2)17-11)16-6-5-12(20)19-7-9-21-10-8-19/h16H,3-10,15H2,1-2H3. The van der Waals surface area contributed by atoms with Gasteiger partial charge >= 0.3 is 0 Å². The predicted octanol–water partition coefficient (Wildman–Crippen LogP) is 0.616. The summed E-state index contributed by atoms with van der Waals surface area (Å²) in [7, 11) is 1.86. The molecular formula is C14H25N5O2. The summed E-state index contributed by atoms with van der Waals surface area (Å²) in [6, 6.07) is 0. The number of ether oxygens (including phenoxy) is 1. The van der Waals surface area contributed by atoms with Gasteiger partial charge in [0.15, 0.2) is 0 Å². The maximum atomic E-state index is 12.0. The molecule has 3 N–H and O–H groups in total. The van der Waals surface area contributed by atoms with Gasteiger partial charge in [-0.25, -0.2) is 0 Å². The largest absolute Gasteiger partial charge is 0.394 e. The van der Waals surface area contributed by atoms with Gasteiger partial charge in [-0.3, -0.25) is 9.48 Å². The number of nitrogens with two attached hydrogens (primary N) is 1. The van der Waals surface area contributed by atoms with Crippen molar-refractivity contribution in [3.63, 3.8) is 0 Å². The van der Waals surface area contributed by atoms with Gasteiger partial charge in [0.2, 0.25) is 5.91 Å². The lowest BCUT2D eigenvalue weighted by Gasteiger charge is -2.26. The van der Waals surface area contributed by atoms with E-state index in [0.29, 0.717) is 45.0 Å². The van der Waals surface area contributed by atoms with Crippen molar-refractivity contribution in [1.82, 2.24) is 14.7 Å². The number of morpholine rings is 1. The Morgan fingerprint density at radius 2 is 2.14 bits per heavy atom. The molecule has 1 aliphatic heterocycles. The number of hydrogen-bond acceptors (Lipinski definition) is 5. The lowest BCUT2D eigenvalue weighted by molar-refractivity contribution is -0.134. The summed E-state index contributed by atoms with van der Waals surface area (Å²) in [5.74, 6) is 0.952. The number of anilines is 2. The molecule has 0 radical (unpaired) electrons. The van der Waals surface area contributed by atoms with Gasteiger partial charge in [0.1, 0.15) is 5.82 Å². The topological polar surface area (TPSA) is 85.4 Å². The number of aryl methyl sites for hydroxylation is 2. The van der Waals surface area contributed by atoms with Gasteiger partial charge in [0, 0.05) is 33.1 Å². The first-order chi connectivity index (χ1) is 10.1. The predicted molar refractivity (Wildman–Crippen MR) is 82.1 cm³/mol. The molecule has 2 rings (SSSR count). The maximum absolute atomic E-state index is 12.0. The average Bonchev–Trinajstić information content (AvgIpc) is 2.76. The SMILES string of the molecule is CCCc1nn(C)c(NCCC(=O)N2CCOCC2)c1N. The van der Waals surface area contributed by atoms with E-state index in [2.05, 4.69) is 17.3 Å². The lowest BCUT2D eigenvalue weighted by Crippen LogP contribution is -2.41. The summed E-state index contributed by atoms with van der Waals surface area (Å²) >= 11 is 0. The van der Waals surface area contributed by atoms with E-state index in [1.165, 1.54) is 0 Å². The van der Waals surface area contributed by atoms with Gasteiger partial charge in [-0.15, -0.1) is 0 Å². The highest BCUT2D eigenvalue weighted by atomic mass is 16.5. The fraction of sp³-hybridized carbons (Fsp3) is 0.714. The Hall–Kier alpha value is -1.76. The van der Waals surface area contributed by atoms with Gasteiger partial charge in [-0.1, -0.05) is 13.3 Å².